The molecule has 1 rings (SSSR count). The topological polar surface area (TPSA) is 42.1 Å². The van der Waals surface area contributed by atoms with E-state index >= 15 is 0 Å². The van der Waals surface area contributed by atoms with Crippen molar-refractivity contribution in [1.29, 1.82) is 0 Å². The van der Waals surface area contributed by atoms with Crippen LogP contribution in [0, 0.1) is 13.8 Å². The van der Waals surface area contributed by atoms with Crippen LogP contribution in [0.3, 0.4) is 0 Å². The molecule has 0 aliphatic rings. The van der Waals surface area contributed by atoms with Crippen molar-refractivity contribution in [3.05, 3.63) is 22.5 Å². The summed E-state index contributed by atoms with van der Waals surface area (Å²) in [5, 5.41) is 0. The summed E-state index contributed by atoms with van der Waals surface area (Å²) in [5.74, 6) is -0.250. The second kappa shape index (κ2) is 5.01. The third-order valence-corrected chi connectivity index (χ3v) is 2.57. The molecule has 0 atom stereocenters. The van der Waals surface area contributed by atoms with E-state index in [1.54, 1.807) is 0 Å². The van der Waals surface area contributed by atoms with Crippen LogP contribution in [-0.2, 0) is 11.2 Å². The maximum Gasteiger partial charge on any atom is 0.355 e. The number of ether oxygens (including phenoxy) is 1. The smallest absolute Gasteiger partial charge is 0.355 e. The Morgan fingerprint density at radius 2 is 2.00 bits per heavy atom. The first kappa shape index (κ1) is 11.8. The molecule has 0 bridgehead atoms. The number of aromatic nitrogens is 1. The number of hydrogen-bond acceptors (Lipinski definition) is 2. The molecule has 0 spiro atoms. The van der Waals surface area contributed by atoms with Gasteiger partial charge in [0.2, 0.25) is 0 Å². The van der Waals surface area contributed by atoms with Gasteiger partial charge in [-0.2, -0.15) is 0 Å². The van der Waals surface area contributed by atoms with E-state index in [-0.39, 0.29) is 5.97 Å². The van der Waals surface area contributed by atoms with Gasteiger partial charge in [0.05, 0.1) is 6.61 Å². The van der Waals surface area contributed by atoms with Crippen LogP contribution in [0.4, 0.5) is 0 Å². The molecule has 3 nitrogen and oxygen atoms in total. The van der Waals surface area contributed by atoms with Crippen molar-refractivity contribution in [2.24, 2.45) is 0 Å². The minimum Gasteiger partial charge on any atom is -0.461 e. The maximum atomic E-state index is 11.6. The van der Waals surface area contributed by atoms with E-state index in [9.17, 15) is 4.79 Å². The number of carbonyl (C=O) groups is 1. The van der Waals surface area contributed by atoms with E-state index in [0.717, 1.165) is 24.1 Å². The Labute approximate surface area is 90.8 Å². The first-order valence-corrected chi connectivity index (χ1v) is 5.46. The third-order valence-electron chi connectivity index (χ3n) is 2.57. The average Bonchev–Trinajstić information content (AvgIpc) is 2.47. The van der Waals surface area contributed by atoms with Gasteiger partial charge >= 0.3 is 5.97 Å². The fraction of sp³-hybridized carbons (Fsp3) is 0.583. The number of esters is 1. The molecular weight excluding hydrogens is 190 g/mol. The van der Waals surface area contributed by atoms with Crippen LogP contribution < -0.4 is 0 Å². The lowest BCUT2D eigenvalue weighted by molar-refractivity contribution is 0.0519. The van der Waals surface area contributed by atoms with Gasteiger partial charge in [0.25, 0.3) is 0 Å². The number of nitrogens with one attached hydrogen (secondary N) is 1. The lowest BCUT2D eigenvalue weighted by Gasteiger charge is -2.01. The molecule has 1 N–H and O–H groups in total. The van der Waals surface area contributed by atoms with E-state index < -0.39 is 0 Å². The van der Waals surface area contributed by atoms with Crippen molar-refractivity contribution in [2.75, 3.05) is 6.61 Å². The van der Waals surface area contributed by atoms with Crippen LogP contribution >= 0.6 is 0 Å². The minimum atomic E-state index is -0.250. The number of H-pyrrole nitrogens is 1. The number of rotatable bonds is 4. The van der Waals surface area contributed by atoms with Crippen molar-refractivity contribution < 1.29 is 9.53 Å². The van der Waals surface area contributed by atoms with Crippen molar-refractivity contribution in [2.45, 2.75) is 40.5 Å². The first-order valence-electron chi connectivity index (χ1n) is 5.46. The molecule has 1 heterocycles. The van der Waals surface area contributed by atoms with Crippen LogP contribution in [-0.4, -0.2) is 17.6 Å². The summed E-state index contributed by atoms with van der Waals surface area (Å²) in [6.07, 6.45) is 2.09. The molecule has 84 valence electrons. The van der Waals surface area contributed by atoms with Gasteiger partial charge in [0.15, 0.2) is 0 Å². The molecule has 3 heteroatoms. The second-order valence-corrected chi connectivity index (χ2v) is 3.70. The van der Waals surface area contributed by atoms with Crippen LogP contribution in [0.25, 0.3) is 0 Å². The normalized spacial score (nSPS) is 10.4. The summed E-state index contributed by atoms with van der Waals surface area (Å²) in [4.78, 5) is 14.7. The second-order valence-electron chi connectivity index (χ2n) is 3.70. The summed E-state index contributed by atoms with van der Waals surface area (Å²) < 4.78 is 4.99. The van der Waals surface area contributed by atoms with Crippen LogP contribution in [0.5, 0.6) is 0 Å². The van der Waals surface area contributed by atoms with Crippen molar-refractivity contribution in [3.63, 3.8) is 0 Å². The summed E-state index contributed by atoms with van der Waals surface area (Å²) in [6.45, 7) is 8.34. The van der Waals surface area contributed by atoms with E-state index in [2.05, 4.69) is 11.9 Å². The molecule has 0 radical (unpaired) electrons. The number of aromatic amines is 1. The van der Waals surface area contributed by atoms with Gasteiger partial charge in [0, 0.05) is 5.69 Å². The fourth-order valence-electron chi connectivity index (χ4n) is 1.82. The monoisotopic (exact) mass is 209 g/mol. The predicted molar refractivity (Wildman–Crippen MR) is 60.2 cm³/mol. The molecule has 0 aromatic carbocycles. The number of aryl methyl sites for hydroxylation is 1. The zero-order chi connectivity index (χ0) is 11.4. The molecule has 15 heavy (non-hydrogen) atoms. The lowest BCUT2D eigenvalue weighted by atomic mass is 10.1. The largest absolute Gasteiger partial charge is 0.461 e. The standard InChI is InChI=1S/C12H19NO2/c1-5-7-10-8(3)11(13-9(10)4)12(14)15-6-2/h13H,5-7H2,1-4H3. The highest BCUT2D eigenvalue weighted by atomic mass is 16.5. The van der Waals surface area contributed by atoms with E-state index in [4.69, 9.17) is 4.74 Å². The molecule has 0 fully saturated rings. The Morgan fingerprint density at radius 1 is 1.33 bits per heavy atom. The molecule has 0 aliphatic carbocycles. The van der Waals surface area contributed by atoms with Crippen LogP contribution in [0.2, 0.25) is 0 Å². The molecule has 1 aromatic rings. The Morgan fingerprint density at radius 3 is 2.53 bits per heavy atom. The van der Waals surface area contributed by atoms with Gasteiger partial charge in [0.1, 0.15) is 5.69 Å². The zero-order valence-corrected chi connectivity index (χ0v) is 9.94. The quantitative estimate of drug-likeness (QED) is 0.775. The Hall–Kier alpha value is -1.25. The van der Waals surface area contributed by atoms with E-state index in [1.807, 2.05) is 20.8 Å². The highest BCUT2D eigenvalue weighted by molar-refractivity contribution is 5.89. The Balaban J connectivity index is 3.00. The molecule has 0 unspecified atom stereocenters. The molecule has 1 aromatic heterocycles. The molecule has 0 saturated carbocycles. The summed E-state index contributed by atoms with van der Waals surface area (Å²) in [5.41, 5.74) is 3.98. The summed E-state index contributed by atoms with van der Waals surface area (Å²) >= 11 is 0. The van der Waals surface area contributed by atoms with Gasteiger partial charge in [-0.05, 0) is 38.3 Å². The van der Waals surface area contributed by atoms with E-state index in [0.29, 0.717) is 12.3 Å². The summed E-state index contributed by atoms with van der Waals surface area (Å²) in [6, 6.07) is 0. The highest BCUT2D eigenvalue weighted by Crippen LogP contribution is 2.20. The fourth-order valence-corrected chi connectivity index (χ4v) is 1.82. The predicted octanol–water partition coefficient (Wildman–Crippen LogP) is 2.76. The Bertz CT molecular complexity index is 353. The van der Waals surface area contributed by atoms with Crippen molar-refractivity contribution >= 4 is 5.97 Å². The maximum absolute atomic E-state index is 11.6. The number of carbonyl (C=O) groups excluding carboxylic acids is 1. The van der Waals surface area contributed by atoms with Gasteiger partial charge < -0.3 is 9.72 Å². The van der Waals surface area contributed by atoms with Gasteiger partial charge in [-0.15, -0.1) is 0 Å². The van der Waals surface area contributed by atoms with E-state index in [1.165, 1.54) is 5.56 Å². The van der Waals surface area contributed by atoms with Crippen molar-refractivity contribution in [1.82, 2.24) is 4.98 Å². The average molecular weight is 209 g/mol. The molecule has 0 amide bonds. The zero-order valence-electron chi connectivity index (χ0n) is 9.94. The van der Waals surface area contributed by atoms with Crippen molar-refractivity contribution in [3.8, 4) is 0 Å². The van der Waals surface area contributed by atoms with Gasteiger partial charge in [-0.3, -0.25) is 0 Å². The molecule has 0 aliphatic heterocycles. The third kappa shape index (κ3) is 2.41. The first-order chi connectivity index (χ1) is 7.11. The van der Waals surface area contributed by atoms with Gasteiger partial charge in [-0.25, -0.2) is 4.79 Å². The van der Waals surface area contributed by atoms with Crippen LogP contribution in [0.1, 0.15) is 47.6 Å². The lowest BCUT2D eigenvalue weighted by Crippen LogP contribution is -2.06. The van der Waals surface area contributed by atoms with Gasteiger partial charge in [-0.1, -0.05) is 13.3 Å². The summed E-state index contributed by atoms with van der Waals surface area (Å²) in [7, 11) is 0. The molecule has 0 saturated heterocycles. The van der Waals surface area contributed by atoms with Crippen LogP contribution in [0.15, 0.2) is 0 Å². The Kier molecular flexibility index (Phi) is 3.95. The SMILES string of the molecule is CCCc1c(C)[nH]c(C(=O)OCC)c1C. The number of hydrogen-bond donors (Lipinski definition) is 1. The molecular formula is C12H19NO2. The highest BCUT2D eigenvalue weighted by Gasteiger charge is 2.17. The minimum absolute atomic E-state index is 0.250.